The van der Waals surface area contributed by atoms with Crippen molar-refractivity contribution in [2.24, 2.45) is 0 Å². The number of carbonyl (C=O) groups is 1. The predicted octanol–water partition coefficient (Wildman–Crippen LogP) is 3.90. The van der Waals surface area contributed by atoms with Gasteiger partial charge in [-0.2, -0.15) is 0 Å². The van der Waals surface area contributed by atoms with Gasteiger partial charge in [-0.25, -0.2) is 13.6 Å². The fourth-order valence-electron chi connectivity index (χ4n) is 1.19. The normalized spacial score (nSPS) is 11.3. The average molecular weight is 261 g/mol. The molecule has 0 bridgehead atoms. The topological polar surface area (TPSA) is 29.5 Å². The summed E-state index contributed by atoms with van der Waals surface area (Å²) in [6.45, 7) is 5.93. The molecule has 0 N–H and O–H groups in total. The molecule has 0 saturated carbocycles. The first-order valence-corrected chi connectivity index (χ1v) is 5.27. The molecule has 0 heterocycles. The van der Waals surface area contributed by atoms with Gasteiger partial charge in [-0.05, 0) is 39.3 Å². The highest BCUT2D eigenvalue weighted by atomic mass is 19.2. The lowest BCUT2D eigenvalue weighted by Gasteiger charge is -2.22. The molecule has 1 amide bonds. The first kappa shape index (κ1) is 14.3. The van der Waals surface area contributed by atoms with E-state index in [0.29, 0.717) is 0 Å². The van der Waals surface area contributed by atoms with Crippen molar-refractivity contribution in [3.63, 3.8) is 0 Å². The third-order valence-corrected chi connectivity index (χ3v) is 2.02. The van der Waals surface area contributed by atoms with E-state index in [0.717, 1.165) is 6.07 Å². The molecular weight excluding hydrogens is 247 g/mol. The fraction of sp³-hybridized carbons (Fsp3) is 0.417. The lowest BCUT2D eigenvalue weighted by molar-refractivity contribution is 0.0498. The quantitative estimate of drug-likeness (QED) is 0.717. The molecule has 0 fully saturated rings. The van der Waals surface area contributed by atoms with Gasteiger partial charge in [0.2, 0.25) is 0 Å². The van der Waals surface area contributed by atoms with E-state index in [1.165, 1.54) is 33.8 Å². The molecule has 0 aromatic heterocycles. The van der Waals surface area contributed by atoms with Crippen molar-refractivity contribution in [1.82, 2.24) is 0 Å². The summed E-state index contributed by atoms with van der Waals surface area (Å²) < 4.78 is 45.0. The maximum atomic E-state index is 13.6. The monoisotopic (exact) mass is 261 g/mol. The third kappa shape index (κ3) is 3.15. The van der Waals surface area contributed by atoms with Crippen LogP contribution in [-0.2, 0) is 4.74 Å². The van der Waals surface area contributed by atoms with E-state index >= 15 is 0 Å². The van der Waals surface area contributed by atoms with Gasteiger partial charge in [0.15, 0.2) is 11.6 Å². The van der Waals surface area contributed by atoms with Crippen LogP contribution in [0.4, 0.5) is 23.7 Å². The van der Waals surface area contributed by atoms with Crippen molar-refractivity contribution < 1.29 is 22.8 Å². The number of rotatable bonds is 1. The zero-order valence-electron chi connectivity index (χ0n) is 10.6. The Morgan fingerprint density at radius 1 is 1.22 bits per heavy atom. The number of hydrogen-bond acceptors (Lipinski definition) is 2. The van der Waals surface area contributed by atoms with E-state index in [4.69, 9.17) is 4.74 Å². The van der Waals surface area contributed by atoms with Crippen LogP contribution in [0.2, 0.25) is 0 Å². The molecular formula is C12H14F3NO2. The van der Waals surface area contributed by atoms with Gasteiger partial charge in [0.25, 0.3) is 0 Å². The van der Waals surface area contributed by atoms with Crippen LogP contribution in [0, 0.1) is 18.6 Å². The molecule has 0 spiro atoms. The Balaban J connectivity index is 3.01. The van der Waals surface area contributed by atoms with Crippen LogP contribution in [0.5, 0.6) is 0 Å². The number of ether oxygens (including phenoxy) is 1. The van der Waals surface area contributed by atoms with Gasteiger partial charge in [0, 0.05) is 0 Å². The van der Waals surface area contributed by atoms with Gasteiger partial charge in [0.05, 0.1) is 0 Å². The summed E-state index contributed by atoms with van der Waals surface area (Å²) in [5, 5.41) is -0.552. The molecule has 6 heteroatoms. The van der Waals surface area contributed by atoms with Crippen LogP contribution in [0.25, 0.3) is 0 Å². The molecule has 0 saturated heterocycles. The van der Waals surface area contributed by atoms with Gasteiger partial charge < -0.3 is 4.74 Å². The standard InChI is InChI=1S/C12H14F3NO2/c1-7-5-6-8(10(14)9(7)13)16(15)11(17)18-12(2,3)4/h5-6H,1-4H3. The maximum Gasteiger partial charge on any atom is 0.443 e. The average Bonchev–Trinajstić information content (AvgIpc) is 2.23. The van der Waals surface area contributed by atoms with E-state index in [2.05, 4.69) is 0 Å². The van der Waals surface area contributed by atoms with Crippen LogP contribution in [0.15, 0.2) is 12.1 Å². The summed E-state index contributed by atoms with van der Waals surface area (Å²) >= 11 is 0. The number of hydrogen-bond donors (Lipinski definition) is 0. The summed E-state index contributed by atoms with van der Waals surface area (Å²) in [6.07, 6.45) is -1.40. The predicted molar refractivity (Wildman–Crippen MR) is 60.9 cm³/mol. The number of benzene rings is 1. The van der Waals surface area contributed by atoms with Crippen molar-refractivity contribution >= 4 is 11.8 Å². The molecule has 0 radical (unpaired) electrons. The number of amides is 1. The van der Waals surface area contributed by atoms with Crippen molar-refractivity contribution in [2.45, 2.75) is 33.3 Å². The molecule has 0 aliphatic heterocycles. The fourth-order valence-corrected chi connectivity index (χ4v) is 1.19. The van der Waals surface area contributed by atoms with E-state index < -0.39 is 34.1 Å². The number of nitrogens with zero attached hydrogens (tertiary/aromatic N) is 1. The Morgan fingerprint density at radius 3 is 2.28 bits per heavy atom. The van der Waals surface area contributed by atoms with E-state index in [-0.39, 0.29) is 5.56 Å². The molecule has 1 rings (SSSR count). The Kier molecular flexibility index (Phi) is 3.88. The van der Waals surface area contributed by atoms with Crippen molar-refractivity contribution in [1.29, 1.82) is 0 Å². The lowest BCUT2D eigenvalue weighted by atomic mass is 10.2. The minimum absolute atomic E-state index is 0.0221. The van der Waals surface area contributed by atoms with Gasteiger partial charge in [-0.15, -0.1) is 5.12 Å². The second-order valence-corrected chi connectivity index (χ2v) is 4.79. The summed E-state index contributed by atoms with van der Waals surface area (Å²) in [7, 11) is 0. The van der Waals surface area contributed by atoms with Crippen molar-refractivity contribution in [3.05, 3.63) is 29.3 Å². The van der Waals surface area contributed by atoms with Crippen molar-refractivity contribution in [2.75, 3.05) is 5.12 Å². The van der Waals surface area contributed by atoms with Gasteiger partial charge >= 0.3 is 6.09 Å². The van der Waals surface area contributed by atoms with Crippen LogP contribution < -0.4 is 5.12 Å². The molecule has 0 aliphatic rings. The molecule has 0 aliphatic carbocycles. The number of carbonyl (C=O) groups excluding carboxylic acids is 1. The lowest BCUT2D eigenvalue weighted by Crippen LogP contribution is -2.32. The van der Waals surface area contributed by atoms with Crippen molar-refractivity contribution in [3.8, 4) is 0 Å². The maximum absolute atomic E-state index is 13.6. The number of aryl methyl sites for hydroxylation is 1. The Bertz CT molecular complexity index is 469. The van der Waals surface area contributed by atoms with Gasteiger partial charge in [-0.3, -0.25) is 0 Å². The number of anilines is 1. The van der Waals surface area contributed by atoms with Gasteiger partial charge in [-0.1, -0.05) is 10.5 Å². The molecule has 0 unspecified atom stereocenters. The Hall–Kier alpha value is -1.72. The molecule has 3 nitrogen and oxygen atoms in total. The summed E-state index contributed by atoms with van der Waals surface area (Å²) in [6, 6.07) is 2.14. The first-order chi connectivity index (χ1) is 8.13. The molecule has 100 valence electrons. The van der Waals surface area contributed by atoms with E-state index in [1.54, 1.807) is 0 Å². The summed E-state index contributed by atoms with van der Waals surface area (Å²) in [5.74, 6) is -2.62. The summed E-state index contributed by atoms with van der Waals surface area (Å²) in [4.78, 5) is 11.3. The summed E-state index contributed by atoms with van der Waals surface area (Å²) in [5.41, 5.74) is -1.72. The van der Waals surface area contributed by atoms with Crippen LogP contribution >= 0.6 is 0 Å². The SMILES string of the molecule is Cc1ccc(N(F)C(=O)OC(C)(C)C)c(F)c1F. The molecule has 1 aromatic carbocycles. The van der Waals surface area contributed by atoms with E-state index in [9.17, 15) is 18.1 Å². The highest BCUT2D eigenvalue weighted by molar-refractivity contribution is 5.85. The zero-order valence-corrected chi connectivity index (χ0v) is 10.6. The van der Waals surface area contributed by atoms with Crippen LogP contribution in [0.1, 0.15) is 26.3 Å². The second kappa shape index (κ2) is 4.88. The second-order valence-electron chi connectivity index (χ2n) is 4.79. The highest BCUT2D eigenvalue weighted by Crippen LogP contribution is 2.25. The largest absolute Gasteiger partial charge is 0.443 e. The molecule has 1 aromatic rings. The Morgan fingerprint density at radius 2 is 1.78 bits per heavy atom. The minimum atomic E-state index is -1.43. The van der Waals surface area contributed by atoms with E-state index in [1.807, 2.05) is 0 Å². The number of halogens is 3. The van der Waals surface area contributed by atoms with Crippen LogP contribution in [0.3, 0.4) is 0 Å². The highest BCUT2D eigenvalue weighted by Gasteiger charge is 2.27. The first-order valence-electron chi connectivity index (χ1n) is 5.27. The van der Waals surface area contributed by atoms with Crippen LogP contribution in [-0.4, -0.2) is 11.7 Å². The van der Waals surface area contributed by atoms with Gasteiger partial charge in [0.1, 0.15) is 11.3 Å². The Labute approximate surface area is 103 Å². The third-order valence-electron chi connectivity index (χ3n) is 2.02. The molecule has 0 atom stereocenters. The zero-order chi connectivity index (χ0) is 14.1. The molecule has 18 heavy (non-hydrogen) atoms. The minimum Gasteiger partial charge on any atom is -0.442 e. The smallest absolute Gasteiger partial charge is 0.442 e.